The zero-order valence-corrected chi connectivity index (χ0v) is 15.6. The fourth-order valence-corrected chi connectivity index (χ4v) is 0.270. The molecule has 17 heavy (non-hydrogen) atoms. The molecule has 112 valence electrons. The molecule has 0 aromatic carbocycles. The van der Waals surface area contributed by atoms with Crippen LogP contribution in [-0.4, -0.2) is 32.7 Å². The molecule has 0 aliphatic carbocycles. The minimum absolute atomic E-state index is 0. The van der Waals surface area contributed by atoms with Gasteiger partial charge in [-0.15, -0.1) is 22.1 Å². The van der Waals surface area contributed by atoms with Crippen molar-refractivity contribution in [3.63, 3.8) is 0 Å². The highest BCUT2D eigenvalue weighted by Crippen LogP contribution is 1.89. The van der Waals surface area contributed by atoms with Gasteiger partial charge in [0.15, 0.2) is 5.94 Å². The zero-order valence-electron chi connectivity index (χ0n) is 11.7. The molecule has 0 N–H and O–H groups in total. The summed E-state index contributed by atoms with van der Waals surface area (Å²) in [6.07, 6.45) is 1.94. The Morgan fingerprint density at radius 2 is 1.24 bits per heavy atom. The molecule has 8 heteroatoms. The third-order valence-corrected chi connectivity index (χ3v) is 0.732. The first-order valence-corrected chi connectivity index (χ1v) is 5.79. The predicted molar refractivity (Wildman–Crippen MR) is 99.4 cm³/mol. The van der Waals surface area contributed by atoms with Crippen molar-refractivity contribution in [1.82, 2.24) is 0 Å². The highest BCUT2D eigenvalue weighted by molar-refractivity contribution is 7.98. The predicted octanol–water partition coefficient (Wildman–Crippen LogP) is 3.58. The Morgan fingerprint density at radius 3 is 1.29 bits per heavy atom. The molecule has 0 aliphatic rings. The summed E-state index contributed by atoms with van der Waals surface area (Å²) in [5.41, 5.74) is 0. The van der Waals surface area contributed by atoms with Crippen molar-refractivity contribution in [2.75, 3.05) is 19.3 Å². The maximum Gasteiger partial charge on any atom is 0.162 e. The quantitative estimate of drug-likeness (QED) is 0.343. The van der Waals surface area contributed by atoms with E-state index in [0.29, 0.717) is 5.94 Å². The summed E-state index contributed by atoms with van der Waals surface area (Å²) in [5.74, 6) is 0.601. The van der Waals surface area contributed by atoms with E-state index in [2.05, 4.69) is 33.4 Å². The van der Waals surface area contributed by atoms with Gasteiger partial charge in [0.1, 0.15) is 7.11 Å². The molecule has 0 fully saturated rings. The van der Waals surface area contributed by atoms with Gasteiger partial charge in [-0.3, -0.25) is 0 Å². The van der Waals surface area contributed by atoms with Crippen LogP contribution in [-0.2, 0) is 9.68 Å². The molecule has 0 unspecified atom stereocenters. The monoisotopic (exact) mass is 326 g/mol. The molecule has 0 amide bonds. The largest absolute Gasteiger partial charge is 0.400 e. The topological polar surface area (TPSA) is 43.2 Å². The molecule has 0 aromatic rings. The zero-order chi connectivity index (χ0) is 12.2. The van der Waals surface area contributed by atoms with Gasteiger partial charge in [-0.1, -0.05) is 27.7 Å². The SMILES string of the molecule is C=NOC.C=NOCSC.CC.CC.S.S.S. The Kier molecular flexibility index (Phi) is 244. The van der Waals surface area contributed by atoms with Crippen LogP contribution in [0.4, 0.5) is 0 Å². The van der Waals surface area contributed by atoms with E-state index in [4.69, 9.17) is 0 Å². The summed E-state index contributed by atoms with van der Waals surface area (Å²) in [7, 11) is 1.45. The van der Waals surface area contributed by atoms with E-state index in [-0.39, 0.29) is 40.5 Å². The van der Waals surface area contributed by atoms with Crippen molar-refractivity contribution in [1.29, 1.82) is 0 Å². The van der Waals surface area contributed by atoms with E-state index in [1.165, 1.54) is 7.11 Å². The molecule has 0 aromatic heterocycles. The molecular weight excluding hydrogens is 296 g/mol. The molecule has 0 rings (SSSR count). The second-order valence-corrected chi connectivity index (χ2v) is 1.79. The van der Waals surface area contributed by atoms with Crippen LogP contribution < -0.4 is 0 Å². The van der Waals surface area contributed by atoms with Crippen molar-refractivity contribution in [3.05, 3.63) is 0 Å². The van der Waals surface area contributed by atoms with Crippen molar-refractivity contribution >= 4 is 65.7 Å². The molecule has 0 radical (unpaired) electrons. The summed E-state index contributed by atoms with van der Waals surface area (Å²) < 4.78 is 0. The summed E-state index contributed by atoms with van der Waals surface area (Å²) >= 11 is 1.57. The van der Waals surface area contributed by atoms with Gasteiger partial charge in [0, 0.05) is 13.4 Å². The average molecular weight is 327 g/mol. The summed E-state index contributed by atoms with van der Waals surface area (Å²) in [6.45, 7) is 14.1. The highest BCUT2D eigenvalue weighted by atomic mass is 32.2. The van der Waals surface area contributed by atoms with E-state index in [1.54, 1.807) is 11.8 Å². The van der Waals surface area contributed by atoms with Crippen LogP contribution in [0.1, 0.15) is 27.7 Å². The summed E-state index contributed by atoms with van der Waals surface area (Å²) in [4.78, 5) is 8.52. The number of oxime groups is 2. The normalized spacial score (nSPS) is 4.59. The van der Waals surface area contributed by atoms with Crippen LogP contribution in [0.15, 0.2) is 10.3 Å². The molecule has 0 heterocycles. The van der Waals surface area contributed by atoms with Crippen molar-refractivity contribution in [3.8, 4) is 0 Å². The van der Waals surface area contributed by atoms with Gasteiger partial charge in [0.2, 0.25) is 0 Å². The van der Waals surface area contributed by atoms with E-state index in [0.717, 1.165) is 0 Å². The van der Waals surface area contributed by atoms with Gasteiger partial charge in [0.05, 0.1) is 0 Å². The van der Waals surface area contributed by atoms with Gasteiger partial charge in [-0.05, 0) is 6.26 Å². The lowest BCUT2D eigenvalue weighted by Gasteiger charge is -1.87. The van der Waals surface area contributed by atoms with Gasteiger partial charge in [-0.25, -0.2) is 0 Å². The van der Waals surface area contributed by atoms with Crippen molar-refractivity contribution in [2.45, 2.75) is 27.7 Å². The van der Waals surface area contributed by atoms with Gasteiger partial charge >= 0.3 is 0 Å². The molecule has 0 spiro atoms. The van der Waals surface area contributed by atoms with E-state index in [9.17, 15) is 0 Å². The third-order valence-electron chi connectivity index (χ3n) is 0.391. The summed E-state index contributed by atoms with van der Waals surface area (Å²) in [5, 5.41) is 6.14. The number of rotatable bonds is 4. The Hall–Kier alpha value is 0.340. The molecule has 0 aliphatic heterocycles. The average Bonchev–Trinajstić information content (AvgIpc) is 2.32. The number of hydrogen-bond donors (Lipinski definition) is 0. The first-order valence-electron chi connectivity index (χ1n) is 4.39. The van der Waals surface area contributed by atoms with E-state index in [1.807, 2.05) is 34.0 Å². The minimum Gasteiger partial charge on any atom is -0.400 e. The maximum atomic E-state index is 4.46. The van der Waals surface area contributed by atoms with E-state index < -0.39 is 0 Å². The first-order chi connectivity index (χ1) is 6.83. The maximum absolute atomic E-state index is 4.46. The lowest BCUT2D eigenvalue weighted by Crippen LogP contribution is -1.74. The van der Waals surface area contributed by atoms with Crippen LogP contribution in [0.2, 0.25) is 0 Å². The Bertz CT molecular complexity index is 91.4. The Labute approximate surface area is 132 Å². The second kappa shape index (κ2) is 95.7. The fourth-order valence-electron chi connectivity index (χ4n) is 0.0900. The lowest BCUT2D eigenvalue weighted by atomic mass is 11.0. The molecule has 4 nitrogen and oxygen atoms in total. The molecular formula is C9H30N2O2S4. The smallest absolute Gasteiger partial charge is 0.162 e. The van der Waals surface area contributed by atoms with Crippen LogP contribution in [0.25, 0.3) is 0 Å². The second-order valence-electron chi connectivity index (χ2n) is 0.976. The molecule has 0 atom stereocenters. The summed E-state index contributed by atoms with van der Waals surface area (Å²) in [6, 6.07) is 0. The van der Waals surface area contributed by atoms with Gasteiger partial charge in [0.25, 0.3) is 0 Å². The molecule has 0 saturated heterocycles. The number of nitrogens with zero attached hydrogens (tertiary/aromatic N) is 2. The fraction of sp³-hybridized carbons (Fsp3) is 0.778. The standard InChI is InChI=1S/C3H7NOS.C2H5NO.2C2H6.3H2S/c1-4-5-3-6-2;1-3-4-2;2*1-2;;;/h1,3H2,2H3;1H2,2H3;2*1-2H3;3*1H2. The Balaban J connectivity index is -0.0000000164. The molecule has 0 saturated carbocycles. The van der Waals surface area contributed by atoms with Crippen molar-refractivity contribution < 1.29 is 9.68 Å². The Morgan fingerprint density at radius 1 is 0.941 bits per heavy atom. The first kappa shape index (κ1) is 43.3. The number of thioether (sulfide) groups is 1. The van der Waals surface area contributed by atoms with Crippen LogP contribution >= 0.6 is 52.2 Å². The van der Waals surface area contributed by atoms with Crippen molar-refractivity contribution in [2.24, 2.45) is 10.3 Å². The third kappa shape index (κ3) is 178. The van der Waals surface area contributed by atoms with Crippen LogP contribution in [0, 0.1) is 0 Å². The number of hydrogen-bond acceptors (Lipinski definition) is 5. The highest BCUT2D eigenvalue weighted by Gasteiger charge is 1.69. The molecule has 0 bridgehead atoms. The lowest BCUT2D eigenvalue weighted by molar-refractivity contribution is 0.200. The van der Waals surface area contributed by atoms with Crippen LogP contribution in [0.5, 0.6) is 0 Å². The van der Waals surface area contributed by atoms with E-state index >= 15 is 0 Å². The van der Waals surface area contributed by atoms with Gasteiger partial charge < -0.3 is 9.68 Å². The van der Waals surface area contributed by atoms with Crippen LogP contribution in [0.3, 0.4) is 0 Å². The minimum atomic E-state index is 0. The van der Waals surface area contributed by atoms with Gasteiger partial charge in [-0.2, -0.15) is 40.5 Å².